The van der Waals surface area contributed by atoms with Gasteiger partial charge in [0.2, 0.25) is 23.6 Å². The molecule has 0 aliphatic carbocycles. The largest absolute Gasteiger partial charge is 0.490 e. The van der Waals surface area contributed by atoms with Gasteiger partial charge in [-0.2, -0.15) is 0 Å². The molecule has 11 nitrogen and oxygen atoms in total. The van der Waals surface area contributed by atoms with Crippen LogP contribution in [0.4, 0.5) is 0 Å². The average Bonchev–Trinajstić information content (AvgIpc) is 3.35. The molecule has 41 heavy (non-hydrogen) atoms. The number of rotatable bonds is 12. The number of likely N-dealkylation sites (N-methyl/N-ethyl adjacent to an activating group) is 1. The van der Waals surface area contributed by atoms with Gasteiger partial charge in [0.25, 0.3) is 0 Å². The number of aromatic nitrogens is 1. The van der Waals surface area contributed by atoms with Gasteiger partial charge in [-0.05, 0) is 50.1 Å². The second-order valence-electron chi connectivity index (χ2n) is 10.0. The molecule has 1 aliphatic heterocycles. The SMILES string of the molecule is CCOc1ccc(CN(C)C(=O)C(Cc2c[nH]c3ccccc23)NC(=O)CN2CC(=O)NC(C)C2=O)cc1OCC. The lowest BCUT2D eigenvalue weighted by Crippen LogP contribution is -2.59. The highest BCUT2D eigenvalue weighted by Crippen LogP contribution is 2.29. The smallest absolute Gasteiger partial charge is 0.245 e. The quantitative estimate of drug-likeness (QED) is 0.309. The molecule has 2 heterocycles. The molecule has 1 saturated heterocycles. The first-order valence-corrected chi connectivity index (χ1v) is 13.8. The van der Waals surface area contributed by atoms with Crippen molar-refractivity contribution in [2.75, 3.05) is 33.4 Å². The highest BCUT2D eigenvalue weighted by molar-refractivity contribution is 5.97. The van der Waals surface area contributed by atoms with Crippen LogP contribution in [0.3, 0.4) is 0 Å². The number of ether oxygens (including phenoxy) is 2. The van der Waals surface area contributed by atoms with Gasteiger partial charge >= 0.3 is 0 Å². The molecular weight excluding hydrogens is 526 g/mol. The number of para-hydroxylation sites is 1. The summed E-state index contributed by atoms with van der Waals surface area (Å²) in [7, 11) is 1.67. The first-order chi connectivity index (χ1) is 19.7. The lowest BCUT2D eigenvalue weighted by molar-refractivity contribution is -0.146. The van der Waals surface area contributed by atoms with E-state index in [2.05, 4.69) is 15.6 Å². The number of aromatic amines is 1. The zero-order chi connectivity index (χ0) is 29.5. The van der Waals surface area contributed by atoms with Gasteiger partial charge in [0.05, 0.1) is 13.2 Å². The van der Waals surface area contributed by atoms with E-state index in [4.69, 9.17) is 9.47 Å². The van der Waals surface area contributed by atoms with Crippen LogP contribution in [-0.2, 0) is 32.1 Å². The van der Waals surface area contributed by atoms with Gasteiger partial charge in [-0.1, -0.05) is 24.3 Å². The number of carbonyl (C=O) groups excluding carboxylic acids is 4. The van der Waals surface area contributed by atoms with Gasteiger partial charge < -0.3 is 34.9 Å². The third-order valence-electron chi connectivity index (χ3n) is 6.86. The molecule has 0 bridgehead atoms. The lowest BCUT2D eigenvalue weighted by atomic mass is 10.0. The minimum Gasteiger partial charge on any atom is -0.490 e. The summed E-state index contributed by atoms with van der Waals surface area (Å²) in [6.07, 6.45) is 2.06. The van der Waals surface area contributed by atoms with E-state index in [1.165, 1.54) is 4.90 Å². The van der Waals surface area contributed by atoms with E-state index in [0.717, 1.165) is 22.0 Å². The Bertz CT molecular complexity index is 1420. The Kier molecular flexibility index (Phi) is 9.49. The zero-order valence-corrected chi connectivity index (χ0v) is 23.9. The Morgan fingerprint density at radius 1 is 1.10 bits per heavy atom. The van der Waals surface area contributed by atoms with E-state index in [1.54, 1.807) is 18.9 Å². The normalized spacial score (nSPS) is 15.8. The van der Waals surface area contributed by atoms with Crippen LogP contribution in [0.2, 0.25) is 0 Å². The van der Waals surface area contributed by atoms with Crippen molar-refractivity contribution >= 4 is 34.5 Å². The summed E-state index contributed by atoms with van der Waals surface area (Å²) < 4.78 is 11.4. The molecule has 3 N–H and O–H groups in total. The fraction of sp³-hybridized carbons (Fsp3) is 0.400. The van der Waals surface area contributed by atoms with Crippen LogP contribution in [-0.4, -0.2) is 83.8 Å². The van der Waals surface area contributed by atoms with Gasteiger partial charge in [-0.25, -0.2) is 0 Å². The molecule has 1 aliphatic rings. The molecule has 2 aromatic carbocycles. The zero-order valence-electron chi connectivity index (χ0n) is 23.9. The van der Waals surface area contributed by atoms with Gasteiger partial charge in [0.1, 0.15) is 25.2 Å². The van der Waals surface area contributed by atoms with Gasteiger partial charge in [-0.15, -0.1) is 0 Å². The lowest BCUT2D eigenvalue weighted by Gasteiger charge is -2.31. The van der Waals surface area contributed by atoms with Crippen LogP contribution in [0.25, 0.3) is 10.9 Å². The molecule has 2 unspecified atom stereocenters. The summed E-state index contributed by atoms with van der Waals surface area (Å²) in [6.45, 7) is 6.06. The number of benzene rings is 2. The molecule has 0 radical (unpaired) electrons. The fourth-order valence-corrected chi connectivity index (χ4v) is 4.95. The highest BCUT2D eigenvalue weighted by Gasteiger charge is 2.32. The van der Waals surface area contributed by atoms with E-state index in [1.807, 2.05) is 62.5 Å². The maximum absolute atomic E-state index is 13.8. The van der Waals surface area contributed by atoms with E-state index in [9.17, 15) is 19.2 Å². The third kappa shape index (κ3) is 7.16. The summed E-state index contributed by atoms with van der Waals surface area (Å²) in [4.78, 5) is 57.3. The van der Waals surface area contributed by atoms with Gasteiger partial charge in [0, 0.05) is 37.1 Å². The number of nitrogens with zero attached hydrogens (tertiary/aromatic N) is 2. The van der Waals surface area contributed by atoms with Crippen LogP contribution in [0.5, 0.6) is 11.5 Å². The number of fused-ring (bicyclic) bond motifs is 1. The second kappa shape index (κ2) is 13.2. The summed E-state index contributed by atoms with van der Waals surface area (Å²) >= 11 is 0. The monoisotopic (exact) mass is 563 g/mol. The summed E-state index contributed by atoms with van der Waals surface area (Å²) in [5.41, 5.74) is 2.63. The molecular formula is C30H37N5O6. The van der Waals surface area contributed by atoms with Crippen LogP contribution < -0.4 is 20.1 Å². The van der Waals surface area contributed by atoms with Crippen molar-refractivity contribution in [3.05, 3.63) is 59.8 Å². The Balaban J connectivity index is 1.53. The number of hydrogen-bond acceptors (Lipinski definition) is 6. The van der Waals surface area contributed by atoms with Crippen LogP contribution in [0, 0.1) is 0 Å². The van der Waals surface area contributed by atoms with E-state index in [-0.39, 0.29) is 43.8 Å². The van der Waals surface area contributed by atoms with Crippen LogP contribution in [0.1, 0.15) is 31.9 Å². The van der Waals surface area contributed by atoms with E-state index >= 15 is 0 Å². The Labute approximate surface area is 239 Å². The third-order valence-corrected chi connectivity index (χ3v) is 6.86. The van der Waals surface area contributed by atoms with Gasteiger partial charge in [-0.3, -0.25) is 19.2 Å². The van der Waals surface area contributed by atoms with Crippen molar-refractivity contribution in [2.24, 2.45) is 0 Å². The molecule has 0 saturated carbocycles. The standard InChI is InChI=1S/C30H37N5O6/c1-5-40-25-12-11-20(13-26(25)41-6-2)16-34(4)30(39)24(14-21-15-31-23-10-8-7-9-22(21)23)33-28(37)18-35-17-27(36)32-19(3)29(35)38/h7-13,15,19,24,31H,5-6,14,16-18H2,1-4H3,(H,32,36)(H,33,37). The molecule has 218 valence electrons. The molecule has 2 atom stereocenters. The average molecular weight is 564 g/mol. The maximum Gasteiger partial charge on any atom is 0.245 e. The van der Waals surface area contributed by atoms with Crippen molar-refractivity contribution < 1.29 is 28.7 Å². The Morgan fingerprint density at radius 3 is 2.59 bits per heavy atom. The summed E-state index contributed by atoms with van der Waals surface area (Å²) in [6, 6.07) is 11.6. The van der Waals surface area contributed by atoms with E-state index < -0.39 is 18.0 Å². The number of H-pyrrole nitrogens is 1. The maximum atomic E-state index is 13.8. The number of hydrogen-bond donors (Lipinski definition) is 3. The molecule has 1 fully saturated rings. The first kappa shape index (κ1) is 29.4. The molecule has 3 aromatic rings. The van der Waals surface area contributed by atoms with E-state index in [0.29, 0.717) is 24.7 Å². The molecule has 1 aromatic heterocycles. The van der Waals surface area contributed by atoms with Crippen molar-refractivity contribution in [2.45, 2.75) is 45.8 Å². The summed E-state index contributed by atoms with van der Waals surface area (Å²) in [5.74, 6) is -0.277. The number of piperazine rings is 1. The molecule has 4 rings (SSSR count). The van der Waals surface area contributed by atoms with Crippen molar-refractivity contribution in [1.82, 2.24) is 25.4 Å². The minimum absolute atomic E-state index is 0.211. The Hall–Kier alpha value is -4.54. The predicted octanol–water partition coefficient (Wildman–Crippen LogP) is 2.00. The Morgan fingerprint density at radius 2 is 1.83 bits per heavy atom. The second-order valence-corrected chi connectivity index (χ2v) is 10.0. The van der Waals surface area contributed by atoms with Crippen molar-refractivity contribution in [3.8, 4) is 11.5 Å². The van der Waals surface area contributed by atoms with Crippen LogP contribution in [0.15, 0.2) is 48.7 Å². The topological polar surface area (TPSA) is 133 Å². The first-order valence-electron chi connectivity index (χ1n) is 13.8. The van der Waals surface area contributed by atoms with Crippen LogP contribution >= 0.6 is 0 Å². The van der Waals surface area contributed by atoms with Crippen molar-refractivity contribution in [1.29, 1.82) is 0 Å². The molecule has 11 heteroatoms. The number of amides is 4. The summed E-state index contributed by atoms with van der Waals surface area (Å²) in [5, 5.41) is 6.33. The van der Waals surface area contributed by atoms with Gasteiger partial charge in [0.15, 0.2) is 11.5 Å². The molecule has 0 spiro atoms. The number of nitrogens with one attached hydrogen (secondary N) is 3. The molecule has 4 amide bonds. The fourth-order valence-electron chi connectivity index (χ4n) is 4.95. The minimum atomic E-state index is -0.910. The number of carbonyl (C=O) groups is 4. The van der Waals surface area contributed by atoms with Crippen molar-refractivity contribution in [3.63, 3.8) is 0 Å². The highest BCUT2D eigenvalue weighted by atomic mass is 16.5. The predicted molar refractivity (Wildman–Crippen MR) is 153 cm³/mol.